The molecule has 27 heavy (non-hydrogen) atoms. The predicted molar refractivity (Wildman–Crippen MR) is 102 cm³/mol. The van der Waals surface area contributed by atoms with Gasteiger partial charge in [0, 0.05) is 11.7 Å². The van der Waals surface area contributed by atoms with E-state index in [4.69, 9.17) is 0 Å². The van der Waals surface area contributed by atoms with Gasteiger partial charge in [0.25, 0.3) is 0 Å². The van der Waals surface area contributed by atoms with Gasteiger partial charge in [0.05, 0.1) is 12.2 Å². The van der Waals surface area contributed by atoms with Crippen molar-refractivity contribution < 1.29 is 15.0 Å². The molecule has 0 atom stereocenters. The summed E-state index contributed by atoms with van der Waals surface area (Å²) in [6.07, 6.45) is 7.30. The Morgan fingerprint density at radius 3 is 2.59 bits per heavy atom. The van der Waals surface area contributed by atoms with Gasteiger partial charge in [-0.15, -0.1) is 10.2 Å². The third-order valence-corrected chi connectivity index (χ3v) is 5.65. The second-order valence-corrected chi connectivity index (χ2v) is 7.84. The fraction of sp³-hybridized carbons (Fsp3) is 0.474. The zero-order chi connectivity index (χ0) is 19.4. The number of carboxylic acid groups (broad SMARTS) is 1. The van der Waals surface area contributed by atoms with Crippen molar-refractivity contribution in [2.75, 3.05) is 5.75 Å². The van der Waals surface area contributed by atoms with Crippen LogP contribution in [0, 0.1) is 13.8 Å². The third kappa shape index (κ3) is 4.68. The molecule has 7 nitrogen and oxygen atoms in total. The molecule has 0 saturated heterocycles. The maximum Gasteiger partial charge on any atom is 0.212 e. The Balaban J connectivity index is 1.92. The largest absolute Gasteiger partial charge is 0.549 e. The van der Waals surface area contributed by atoms with Gasteiger partial charge in [-0.3, -0.25) is 0 Å². The van der Waals surface area contributed by atoms with E-state index in [2.05, 4.69) is 15.3 Å². The first-order valence-electron chi connectivity index (χ1n) is 9.08. The molecule has 1 aliphatic carbocycles. The highest BCUT2D eigenvalue weighted by atomic mass is 32.2. The first-order valence-corrected chi connectivity index (χ1v) is 10.1. The SMILES string of the molecule is Cc1cc(/C=N/n2c(SCC(=O)[O-])nnc2C2CCCCC2)cc(C)c1O. The van der Waals surface area contributed by atoms with Crippen molar-refractivity contribution in [2.24, 2.45) is 5.10 Å². The molecule has 1 aliphatic rings. The number of hydrogen-bond acceptors (Lipinski definition) is 7. The van der Waals surface area contributed by atoms with Crippen molar-refractivity contribution in [3.05, 3.63) is 34.6 Å². The average molecular weight is 387 g/mol. The number of rotatable bonds is 6. The van der Waals surface area contributed by atoms with Crippen LogP contribution in [0.15, 0.2) is 22.4 Å². The fourth-order valence-electron chi connectivity index (χ4n) is 3.40. The van der Waals surface area contributed by atoms with E-state index >= 15 is 0 Å². The molecule has 0 amide bonds. The molecule has 2 aromatic rings. The summed E-state index contributed by atoms with van der Waals surface area (Å²) in [5.41, 5.74) is 2.40. The summed E-state index contributed by atoms with van der Waals surface area (Å²) in [4.78, 5) is 10.8. The number of aromatic nitrogens is 3. The topological polar surface area (TPSA) is 103 Å². The Bertz CT molecular complexity index is 834. The lowest BCUT2D eigenvalue weighted by atomic mass is 9.89. The standard InChI is InChI=1S/C19H24N4O3S/c1-12-8-14(9-13(2)17(12)26)10-20-23-18(15-6-4-3-5-7-15)21-22-19(23)27-11-16(24)25/h8-10,15,26H,3-7,11H2,1-2H3,(H,24,25)/p-1/b20-10+. The lowest BCUT2D eigenvalue weighted by Gasteiger charge is -2.20. The van der Waals surface area contributed by atoms with Crippen LogP contribution in [0.2, 0.25) is 0 Å². The molecule has 0 spiro atoms. The minimum absolute atomic E-state index is 0.199. The zero-order valence-corrected chi connectivity index (χ0v) is 16.3. The third-order valence-electron chi connectivity index (χ3n) is 4.76. The monoisotopic (exact) mass is 387 g/mol. The summed E-state index contributed by atoms with van der Waals surface area (Å²) >= 11 is 1.06. The van der Waals surface area contributed by atoms with Gasteiger partial charge in [0.15, 0.2) is 5.82 Å². The van der Waals surface area contributed by atoms with Crippen molar-refractivity contribution >= 4 is 23.9 Å². The van der Waals surface area contributed by atoms with Gasteiger partial charge < -0.3 is 15.0 Å². The van der Waals surface area contributed by atoms with Gasteiger partial charge in [0.2, 0.25) is 5.16 Å². The highest BCUT2D eigenvalue weighted by molar-refractivity contribution is 7.99. The van der Waals surface area contributed by atoms with E-state index < -0.39 is 5.97 Å². The molecule has 1 aromatic carbocycles. The van der Waals surface area contributed by atoms with Crippen LogP contribution in [0.4, 0.5) is 0 Å². The van der Waals surface area contributed by atoms with Crippen LogP contribution in [0.5, 0.6) is 5.75 Å². The Kier molecular flexibility index (Phi) is 6.15. The van der Waals surface area contributed by atoms with Gasteiger partial charge in [-0.25, -0.2) is 0 Å². The summed E-state index contributed by atoms with van der Waals surface area (Å²) in [6.45, 7) is 3.68. The molecule has 0 aliphatic heterocycles. The number of thioether (sulfide) groups is 1. The van der Waals surface area contributed by atoms with Crippen molar-refractivity contribution in [1.29, 1.82) is 0 Å². The van der Waals surface area contributed by atoms with Crippen LogP contribution in [-0.2, 0) is 4.79 Å². The number of aliphatic carboxylic acids is 1. The number of carbonyl (C=O) groups excluding carboxylic acids is 1. The van der Waals surface area contributed by atoms with Crippen LogP contribution in [0.3, 0.4) is 0 Å². The van der Waals surface area contributed by atoms with Crippen molar-refractivity contribution in [2.45, 2.75) is 57.0 Å². The molecule has 1 saturated carbocycles. The van der Waals surface area contributed by atoms with Crippen LogP contribution in [0.25, 0.3) is 0 Å². The van der Waals surface area contributed by atoms with E-state index in [0.29, 0.717) is 5.16 Å². The number of phenolic OH excluding ortho intramolecular Hbond substituents is 1. The maximum atomic E-state index is 10.8. The lowest BCUT2D eigenvalue weighted by Crippen LogP contribution is -2.24. The molecule has 3 rings (SSSR count). The van der Waals surface area contributed by atoms with Gasteiger partial charge in [0.1, 0.15) is 5.75 Å². The van der Waals surface area contributed by atoms with Crippen LogP contribution >= 0.6 is 11.8 Å². The minimum atomic E-state index is -1.15. The molecule has 0 bridgehead atoms. The highest BCUT2D eigenvalue weighted by Gasteiger charge is 2.23. The maximum absolute atomic E-state index is 10.8. The normalized spacial score (nSPS) is 15.5. The number of aryl methyl sites for hydroxylation is 2. The predicted octanol–water partition coefficient (Wildman–Crippen LogP) is 2.37. The lowest BCUT2D eigenvalue weighted by molar-refractivity contribution is -0.301. The van der Waals surface area contributed by atoms with E-state index in [1.165, 1.54) is 6.42 Å². The van der Waals surface area contributed by atoms with Crippen LogP contribution in [0.1, 0.15) is 60.5 Å². The molecule has 144 valence electrons. The summed E-state index contributed by atoms with van der Waals surface area (Å²) in [6, 6.07) is 3.70. The summed E-state index contributed by atoms with van der Waals surface area (Å²) in [5, 5.41) is 34.2. The number of benzene rings is 1. The molecule has 8 heteroatoms. The molecule has 0 radical (unpaired) electrons. The zero-order valence-electron chi connectivity index (χ0n) is 15.5. The first-order chi connectivity index (χ1) is 13.0. The number of nitrogens with zero attached hydrogens (tertiary/aromatic N) is 4. The second-order valence-electron chi connectivity index (χ2n) is 6.90. The molecular weight excluding hydrogens is 364 g/mol. The Labute approximate surface area is 162 Å². The number of carboxylic acids is 1. The summed E-state index contributed by atoms with van der Waals surface area (Å²) < 4.78 is 1.65. The second kappa shape index (κ2) is 8.56. The molecule has 0 unspecified atom stereocenters. The van der Waals surface area contributed by atoms with Gasteiger partial charge >= 0.3 is 0 Å². The highest BCUT2D eigenvalue weighted by Crippen LogP contribution is 2.33. The van der Waals surface area contributed by atoms with E-state index in [0.717, 1.165) is 60.0 Å². The van der Waals surface area contributed by atoms with Gasteiger partial charge in [-0.2, -0.15) is 9.78 Å². The number of phenols is 1. The Morgan fingerprint density at radius 1 is 1.30 bits per heavy atom. The van der Waals surface area contributed by atoms with Gasteiger partial charge in [-0.05, 0) is 55.5 Å². The molecule has 1 fully saturated rings. The summed E-state index contributed by atoms with van der Waals surface area (Å²) in [7, 11) is 0. The molecular formula is C19H23N4O3S-. The van der Waals surface area contributed by atoms with E-state index in [9.17, 15) is 15.0 Å². The van der Waals surface area contributed by atoms with E-state index in [1.807, 2.05) is 26.0 Å². The van der Waals surface area contributed by atoms with Crippen LogP contribution in [-0.4, -0.2) is 37.9 Å². The van der Waals surface area contributed by atoms with Crippen molar-refractivity contribution in [3.8, 4) is 5.75 Å². The van der Waals surface area contributed by atoms with Crippen LogP contribution < -0.4 is 5.11 Å². The first kappa shape index (κ1) is 19.4. The van der Waals surface area contributed by atoms with E-state index in [-0.39, 0.29) is 17.4 Å². The fourth-order valence-corrected chi connectivity index (χ4v) is 4.01. The van der Waals surface area contributed by atoms with E-state index in [1.54, 1.807) is 10.9 Å². The molecule has 1 aromatic heterocycles. The quantitative estimate of drug-likeness (QED) is 0.603. The van der Waals surface area contributed by atoms with Crippen molar-refractivity contribution in [1.82, 2.24) is 14.9 Å². The smallest absolute Gasteiger partial charge is 0.212 e. The minimum Gasteiger partial charge on any atom is -0.549 e. The average Bonchev–Trinajstić information content (AvgIpc) is 3.06. The van der Waals surface area contributed by atoms with Crippen molar-refractivity contribution in [3.63, 3.8) is 0 Å². The summed E-state index contributed by atoms with van der Waals surface area (Å²) in [5.74, 6) is -0.00877. The molecule has 1 heterocycles. The number of aromatic hydroxyl groups is 1. The van der Waals surface area contributed by atoms with Gasteiger partial charge in [-0.1, -0.05) is 31.0 Å². The Morgan fingerprint density at radius 2 is 1.96 bits per heavy atom. The number of hydrogen-bond donors (Lipinski definition) is 1. The Hall–Kier alpha value is -2.35. The number of carbonyl (C=O) groups is 1. The molecule has 1 N–H and O–H groups in total.